The SMILES string of the molecule is CCC(=O)NN(Cc1cnc(OCC(F)(F)F)c(C(F)(F)F)c1)C(=O)c1cnccn1. The maximum Gasteiger partial charge on any atom is 0.422 e. The van der Waals surface area contributed by atoms with E-state index in [4.69, 9.17) is 0 Å². The molecule has 0 saturated carbocycles. The molecule has 0 aliphatic rings. The van der Waals surface area contributed by atoms with E-state index in [2.05, 4.69) is 25.1 Å². The van der Waals surface area contributed by atoms with Crippen LogP contribution in [-0.4, -0.2) is 44.6 Å². The number of pyridine rings is 1. The Morgan fingerprint density at radius 1 is 1.10 bits per heavy atom. The van der Waals surface area contributed by atoms with Gasteiger partial charge in [-0.05, 0) is 11.6 Å². The van der Waals surface area contributed by atoms with Crippen molar-refractivity contribution in [3.8, 4) is 5.88 Å². The molecule has 0 unspecified atom stereocenters. The number of aromatic nitrogens is 3. The van der Waals surface area contributed by atoms with Crippen LogP contribution in [0.15, 0.2) is 30.9 Å². The van der Waals surface area contributed by atoms with E-state index in [0.29, 0.717) is 11.1 Å². The highest BCUT2D eigenvalue weighted by atomic mass is 19.4. The number of ether oxygens (including phenoxy) is 1. The van der Waals surface area contributed by atoms with Crippen LogP contribution >= 0.6 is 0 Å². The molecule has 0 bridgehead atoms. The van der Waals surface area contributed by atoms with Crippen LogP contribution in [0.2, 0.25) is 0 Å². The summed E-state index contributed by atoms with van der Waals surface area (Å²) in [5, 5.41) is 0.698. The fraction of sp³-hybridized carbons (Fsp3) is 0.353. The summed E-state index contributed by atoms with van der Waals surface area (Å²) in [7, 11) is 0. The first-order valence-corrected chi connectivity index (χ1v) is 8.53. The van der Waals surface area contributed by atoms with Crippen molar-refractivity contribution in [2.45, 2.75) is 32.2 Å². The predicted molar refractivity (Wildman–Crippen MR) is 91.1 cm³/mol. The smallest absolute Gasteiger partial charge is 0.422 e. The van der Waals surface area contributed by atoms with E-state index in [0.717, 1.165) is 12.4 Å². The summed E-state index contributed by atoms with van der Waals surface area (Å²) in [5.74, 6) is -2.76. The second-order valence-electron chi connectivity index (χ2n) is 5.97. The van der Waals surface area contributed by atoms with Gasteiger partial charge < -0.3 is 4.74 Å². The second-order valence-corrected chi connectivity index (χ2v) is 5.97. The Bertz CT molecular complexity index is 921. The number of amides is 2. The molecule has 8 nitrogen and oxygen atoms in total. The van der Waals surface area contributed by atoms with Crippen LogP contribution in [0.4, 0.5) is 26.3 Å². The number of carbonyl (C=O) groups excluding carboxylic acids is 2. The van der Waals surface area contributed by atoms with Gasteiger partial charge in [0.2, 0.25) is 11.8 Å². The van der Waals surface area contributed by atoms with Crippen LogP contribution in [0, 0.1) is 0 Å². The molecule has 2 heterocycles. The van der Waals surface area contributed by atoms with Crippen molar-refractivity contribution in [2.24, 2.45) is 0 Å². The van der Waals surface area contributed by atoms with Gasteiger partial charge in [0.1, 0.15) is 11.3 Å². The fourth-order valence-electron chi connectivity index (χ4n) is 2.17. The molecule has 0 aliphatic carbocycles. The Labute approximate surface area is 171 Å². The first-order valence-electron chi connectivity index (χ1n) is 8.53. The van der Waals surface area contributed by atoms with Gasteiger partial charge in [0.25, 0.3) is 5.91 Å². The quantitative estimate of drug-likeness (QED) is 0.536. The third-order valence-corrected chi connectivity index (χ3v) is 3.53. The molecular formula is C17H15F6N5O3. The fourth-order valence-corrected chi connectivity index (χ4v) is 2.17. The Morgan fingerprint density at radius 3 is 2.35 bits per heavy atom. The zero-order valence-electron chi connectivity index (χ0n) is 15.8. The zero-order chi connectivity index (χ0) is 23.2. The van der Waals surface area contributed by atoms with Gasteiger partial charge in [-0.1, -0.05) is 6.92 Å². The molecule has 0 atom stereocenters. The van der Waals surface area contributed by atoms with E-state index in [1.165, 1.54) is 19.3 Å². The second kappa shape index (κ2) is 9.57. The topological polar surface area (TPSA) is 97.3 Å². The van der Waals surface area contributed by atoms with Crippen molar-refractivity contribution in [1.29, 1.82) is 0 Å². The highest BCUT2D eigenvalue weighted by Crippen LogP contribution is 2.36. The minimum Gasteiger partial charge on any atom is -0.468 e. The van der Waals surface area contributed by atoms with Crippen LogP contribution in [0.3, 0.4) is 0 Å². The molecule has 2 aromatic rings. The van der Waals surface area contributed by atoms with Crippen molar-refractivity contribution >= 4 is 11.8 Å². The lowest BCUT2D eigenvalue weighted by atomic mass is 10.2. The van der Waals surface area contributed by atoms with Crippen molar-refractivity contribution in [3.05, 3.63) is 47.7 Å². The van der Waals surface area contributed by atoms with Crippen LogP contribution < -0.4 is 10.2 Å². The van der Waals surface area contributed by atoms with Gasteiger partial charge in [0, 0.05) is 25.0 Å². The van der Waals surface area contributed by atoms with Gasteiger partial charge in [-0.3, -0.25) is 20.0 Å². The maximum absolute atomic E-state index is 13.3. The molecule has 0 fully saturated rings. The summed E-state index contributed by atoms with van der Waals surface area (Å²) in [5.41, 5.74) is 0.216. The zero-order valence-corrected chi connectivity index (χ0v) is 15.8. The molecule has 31 heavy (non-hydrogen) atoms. The summed E-state index contributed by atoms with van der Waals surface area (Å²) in [6.07, 6.45) is -5.63. The van der Waals surface area contributed by atoms with Gasteiger partial charge >= 0.3 is 12.4 Å². The van der Waals surface area contributed by atoms with Crippen molar-refractivity contribution < 1.29 is 40.7 Å². The van der Waals surface area contributed by atoms with Gasteiger partial charge in [-0.25, -0.2) is 15.0 Å². The van der Waals surface area contributed by atoms with Gasteiger partial charge in [-0.15, -0.1) is 0 Å². The molecule has 0 spiro atoms. The van der Waals surface area contributed by atoms with Crippen LogP contribution in [0.25, 0.3) is 0 Å². The summed E-state index contributed by atoms with van der Waals surface area (Å²) in [4.78, 5) is 35.1. The van der Waals surface area contributed by atoms with E-state index in [1.807, 2.05) is 0 Å². The average Bonchev–Trinajstić information content (AvgIpc) is 2.71. The van der Waals surface area contributed by atoms with Crippen molar-refractivity contribution in [1.82, 2.24) is 25.4 Å². The van der Waals surface area contributed by atoms with E-state index >= 15 is 0 Å². The molecule has 2 amide bonds. The van der Waals surface area contributed by atoms with E-state index < -0.39 is 48.8 Å². The normalized spacial score (nSPS) is 11.7. The average molecular weight is 451 g/mol. The Morgan fingerprint density at radius 2 is 1.81 bits per heavy atom. The lowest BCUT2D eigenvalue weighted by Gasteiger charge is -2.23. The Hall–Kier alpha value is -3.45. The standard InChI is InChI=1S/C17H15F6N5O3/c1-2-13(29)27-28(15(30)12-7-24-3-4-25-12)8-10-5-11(17(21,22)23)14(26-6-10)31-9-16(18,19)20/h3-7H,2,8-9H2,1H3,(H,27,29). The third-order valence-electron chi connectivity index (χ3n) is 3.53. The number of hydrogen-bond donors (Lipinski definition) is 1. The largest absolute Gasteiger partial charge is 0.468 e. The third kappa shape index (κ3) is 7.08. The Kier molecular flexibility index (Phi) is 7.36. The highest BCUT2D eigenvalue weighted by Gasteiger charge is 2.38. The number of carbonyl (C=O) groups is 2. The summed E-state index contributed by atoms with van der Waals surface area (Å²) in [6, 6.07) is 0.480. The molecule has 2 aromatic heterocycles. The predicted octanol–water partition coefficient (Wildman–Crippen LogP) is 2.92. The van der Waals surface area contributed by atoms with E-state index in [-0.39, 0.29) is 17.7 Å². The number of rotatable bonds is 6. The minimum atomic E-state index is -5.09. The van der Waals surface area contributed by atoms with Gasteiger partial charge in [-0.2, -0.15) is 26.3 Å². The lowest BCUT2D eigenvalue weighted by molar-refractivity contribution is -0.159. The number of hydrazine groups is 1. The highest BCUT2D eigenvalue weighted by molar-refractivity contribution is 5.93. The minimum absolute atomic E-state index is 0.0412. The number of hydrogen-bond acceptors (Lipinski definition) is 6. The van der Waals surface area contributed by atoms with Crippen LogP contribution in [-0.2, 0) is 17.5 Å². The van der Waals surface area contributed by atoms with Gasteiger partial charge in [0.05, 0.1) is 12.7 Å². The summed E-state index contributed by atoms with van der Waals surface area (Å²) < 4.78 is 81.0. The van der Waals surface area contributed by atoms with E-state index in [1.54, 1.807) is 0 Å². The summed E-state index contributed by atoms with van der Waals surface area (Å²) in [6.45, 7) is -1.07. The van der Waals surface area contributed by atoms with Crippen LogP contribution in [0.5, 0.6) is 5.88 Å². The molecular weight excluding hydrogens is 436 g/mol. The molecule has 0 aromatic carbocycles. The number of nitrogens with zero attached hydrogens (tertiary/aromatic N) is 4. The van der Waals surface area contributed by atoms with Gasteiger partial charge in [0.15, 0.2) is 6.61 Å². The van der Waals surface area contributed by atoms with Crippen LogP contribution in [0.1, 0.15) is 35.0 Å². The number of alkyl halides is 6. The number of halogens is 6. The molecule has 1 N–H and O–H groups in total. The molecule has 0 aliphatic heterocycles. The first-order chi connectivity index (χ1) is 14.4. The molecule has 0 radical (unpaired) electrons. The number of nitrogens with one attached hydrogen (secondary N) is 1. The maximum atomic E-state index is 13.3. The summed E-state index contributed by atoms with van der Waals surface area (Å²) >= 11 is 0. The Balaban J connectivity index is 2.35. The van der Waals surface area contributed by atoms with E-state index in [9.17, 15) is 35.9 Å². The van der Waals surface area contributed by atoms with Crippen molar-refractivity contribution in [2.75, 3.05) is 6.61 Å². The monoisotopic (exact) mass is 451 g/mol. The first kappa shape index (κ1) is 23.8. The lowest BCUT2D eigenvalue weighted by Crippen LogP contribution is -2.45. The molecule has 0 saturated heterocycles. The molecule has 2 rings (SSSR count). The molecule has 168 valence electrons. The van der Waals surface area contributed by atoms with Crippen molar-refractivity contribution in [3.63, 3.8) is 0 Å². The molecule has 14 heteroatoms.